The first-order chi connectivity index (χ1) is 7.67. The summed E-state index contributed by atoms with van der Waals surface area (Å²) in [6.07, 6.45) is 1.21. The minimum atomic E-state index is 0.656. The molecule has 0 radical (unpaired) electrons. The summed E-state index contributed by atoms with van der Waals surface area (Å²) in [4.78, 5) is 4.32. The molecule has 1 atom stereocenters. The summed E-state index contributed by atoms with van der Waals surface area (Å²) in [5.41, 5.74) is 3.42. The summed E-state index contributed by atoms with van der Waals surface area (Å²) >= 11 is 7.91. The molecule has 1 aromatic rings. The molecule has 0 aliphatic carbocycles. The van der Waals surface area contributed by atoms with E-state index in [1.54, 1.807) is 6.07 Å². The Balaban J connectivity index is 2.52. The monoisotopic (exact) mass is 259 g/mol. The largest absolute Gasteiger partial charge is 0.308 e. The van der Waals surface area contributed by atoms with Gasteiger partial charge in [-0.25, -0.2) is 10.8 Å². The Morgan fingerprint density at radius 3 is 2.94 bits per heavy atom. The van der Waals surface area contributed by atoms with Gasteiger partial charge in [0.2, 0.25) is 0 Å². The van der Waals surface area contributed by atoms with E-state index in [0.29, 0.717) is 10.8 Å². The Labute approximate surface area is 106 Å². The number of pyridine rings is 1. The number of hydrogen-bond acceptors (Lipinski definition) is 4. The summed E-state index contributed by atoms with van der Waals surface area (Å²) in [7, 11) is 0. The Kier molecular flexibility index (Phi) is 5.95. The third kappa shape index (κ3) is 4.20. The number of aromatic nitrogens is 1. The molecular formula is C11H18ClN3S. The van der Waals surface area contributed by atoms with Crippen molar-refractivity contribution in [2.45, 2.75) is 26.0 Å². The summed E-state index contributed by atoms with van der Waals surface area (Å²) in [5.74, 6) is 8.66. The first-order valence-corrected chi connectivity index (χ1v) is 6.90. The highest BCUT2D eigenvalue weighted by Crippen LogP contribution is 2.22. The van der Waals surface area contributed by atoms with Gasteiger partial charge in [0.15, 0.2) is 0 Å². The number of halogens is 1. The summed E-state index contributed by atoms with van der Waals surface area (Å²) in [6.45, 7) is 4.45. The number of hydrazine groups is 1. The van der Waals surface area contributed by atoms with Crippen molar-refractivity contribution >= 4 is 29.2 Å². The van der Waals surface area contributed by atoms with E-state index in [1.165, 1.54) is 6.42 Å². The van der Waals surface area contributed by atoms with Gasteiger partial charge < -0.3 is 5.43 Å². The van der Waals surface area contributed by atoms with Gasteiger partial charge in [0, 0.05) is 5.75 Å². The summed E-state index contributed by atoms with van der Waals surface area (Å²) < 4.78 is 0. The van der Waals surface area contributed by atoms with E-state index in [9.17, 15) is 0 Å². The number of hydrogen-bond donors (Lipinski definition) is 2. The average Bonchev–Trinajstić information content (AvgIpc) is 2.31. The lowest BCUT2D eigenvalue weighted by molar-refractivity contribution is 0.637. The lowest BCUT2D eigenvalue weighted by atomic mass is 10.2. The fourth-order valence-electron chi connectivity index (χ4n) is 1.14. The molecule has 5 heteroatoms. The van der Waals surface area contributed by atoms with Crippen molar-refractivity contribution in [1.82, 2.24) is 4.98 Å². The molecule has 3 N–H and O–H groups in total. The Morgan fingerprint density at radius 1 is 1.56 bits per heavy atom. The van der Waals surface area contributed by atoms with E-state index in [-0.39, 0.29) is 0 Å². The average molecular weight is 260 g/mol. The molecule has 0 aliphatic heterocycles. The molecule has 0 saturated heterocycles. The van der Waals surface area contributed by atoms with Crippen LogP contribution in [0.1, 0.15) is 26.0 Å². The van der Waals surface area contributed by atoms with Crippen molar-refractivity contribution in [2.75, 3.05) is 11.2 Å². The van der Waals surface area contributed by atoms with Crippen LogP contribution in [-0.4, -0.2) is 10.7 Å². The van der Waals surface area contributed by atoms with Crippen LogP contribution in [0.15, 0.2) is 12.1 Å². The van der Waals surface area contributed by atoms with Gasteiger partial charge in [-0.2, -0.15) is 11.8 Å². The number of nitrogens with one attached hydrogen (secondary N) is 1. The third-order valence-electron chi connectivity index (χ3n) is 2.40. The van der Waals surface area contributed by atoms with Crippen LogP contribution in [0.25, 0.3) is 0 Å². The molecule has 0 aliphatic rings. The molecule has 0 spiro atoms. The quantitative estimate of drug-likeness (QED) is 0.608. The smallest absolute Gasteiger partial charge is 0.140 e. The molecule has 0 amide bonds. The molecule has 1 rings (SSSR count). The minimum Gasteiger partial charge on any atom is -0.308 e. The normalized spacial score (nSPS) is 12.5. The molecule has 16 heavy (non-hydrogen) atoms. The molecule has 1 heterocycles. The second-order valence-electron chi connectivity index (χ2n) is 3.80. The number of nitrogens with zero attached hydrogens (tertiary/aromatic N) is 1. The highest BCUT2D eigenvalue weighted by atomic mass is 35.5. The van der Waals surface area contributed by atoms with Gasteiger partial charge in [0.05, 0.1) is 10.7 Å². The number of thioether (sulfide) groups is 1. The van der Waals surface area contributed by atoms with Crippen LogP contribution < -0.4 is 11.3 Å². The van der Waals surface area contributed by atoms with E-state index >= 15 is 0 Å². The molecule has 0 fully saturated rings. The van der Waals surface area contributed by atoms with E-state index in [4.69, 9.17) is 17.4 Å². The maximum Gasteiger partial charge on any atom is 0.140 e. The number of rotatable bonds is 6. The van der Waals surface area contributed by atoms with Gasteiger partial charge in [-0.3, -0.25) is 0 Å². The second-order valence-corrected chi connectivity index (χ2v) is 5.24. The number of anilines is 1. The maximum absolute atomic E-state index is 6.06. The van der Waals surface area contributed by atoms with Gasteiger partial charge in [0.25, 0.3) is 0 Å². The van der Waals surface area contributed by atoms with E-state index in [2.05, 4.69) is 24.3 Å². The summed E-state index contributed by atoms with van der Waals surface area (Å²) in [6, 6.07) is 3.59. The van der Waals surface area contributed by atoms with Crippen LogP contribution in [0.4, 0.5) is 5.82 Å². The molecule has 1 unspecified atom stereocenters. The van der Waals surface area contributed by atoms with Crippen molar-refractivity contribution in [2.24, 2.45) is 11.8 Å². The molecule has 0 aromatic carbocycles. The van der Waals surface area contributed by atoms with Crippen LogP contribution in [0, 0.1) is 5.92 Å². The first-order valence-electron chi connectivity index (χ1n) is 5.37. The Hall–Kier alpha value is -0.450. The van der Waals surface area contributed by atoms with Crippen LogP contribution in [0.5, 0.6) is 0 Å². The van der Waals surface area contributed by atoms with Crippen molar-refractivity contribution in [3.8, 4) is 0 Å². The number of nitrogen functional groups attached to an aromatic ring is 1. The topological polar surface area (TPSA) is 50.9 Å². The molecule has 0 bridgehead atoms. The summed E-state index contributed by atoms with van der Waals surface area (Å²) in [5, 5.41) is 0.704. The van der Waals surface area contributed by atoms with Crippen molar-refractivity contribution < 1.29 is 0 Å². The zero-order valence-electron chi connectivity index (χ0n) is 9.66. The SMILES string of the molecule is CCC(C)CSCc1nc(NN)ccc1Cl. The van der Waals surface area contributed by atoms with Crippen LogP contribution >= 0.6 is 23.4 Å². The third-order valence-corrected chi connectivity index (χ3v) is 4.03. The van der Waals surface area contributed by atoms with Crippen molar-refractivity contribution in [3.05, 3.63) is 22.8 Å². The van der Waals surface area contributed by atoms with E-state index < -0.39 is 0 Å². The zero-order chi connectivity index (χ0) is 12.0. The molecular weight excluding hydrogens is 242 g/mol. The number of nitrogens with two attached hydrogens (primary N) is 1. The lowest BCUT2D eigenvalue weighted by Gasteiger charge is -2.09. The highest BCUT2D eigenvalue weighted by molar-refractivity contribution is 7.98. The van der Waals surface area contributed by atoms with Gasteiger partial charge in [-0.05, 0) is 23.8 Å². The molecule has 3 nitrogen and oxygen atoms in total. The predicted octanol–water partition coefficient (Wildman–Crippen LogP) is 3.30. The zero-order valence-corrected chi connectivity index (χ0v) is 11.2. The maximum atomic E-state index is 6.06. The predicted molar refractivity (Wildman–Crippen MR) is 72.7 cm³/mol. The van der Waals surface area contributed by atoms with Gasteiger partial charge >= 0.3 is 0 Å². The second kappa shape index (κ2) is 6.99. The minimum absolute atomic E-state index is 0.656. The molecule has 1 aromatic heterocycles. The first kappa shape index (κ1) is 13.6. The van der Waals surface area contributed by atoms with Crippen LogP contribution in [-0.2, 0) is 5.75 Å². The van der Waals surface area contributed by atoms with Gasteiger partial charge in [-0.1, -0.05) is 31.9 Å². The fraction of sp³-hybridized carbons (Fsp3) is 0.545. The standard InChI is InChI=1S/C11H18ClN3S/c1-3-8(2)6-16-7-10-9(12)4-5-11(14-10)15-13/h4-5,8H,3,6-7,13H2,1-2H3,(H,14,15). The lowest BCUT2D eigenvalue weighted by Crippen LogP contribution is -2.09. The Bertz CT molecular complexity index is 333. The van der Waals surface area contributed by atoms with Crippen molar-refractivity contribution in [3.63, 3.8) is 0 Å². The Morgan fingerprint density at radius 2 is 2.31 bits per heavy atom. The van der Waals surface area contributed by atoms with Crippen LogP contribution in [0.2, 0.25) is 5.02 Å². The van der Waals surface area contributed by atoms with Crippen LogP contribution in [0.3, 0.4) is 0 Å². The molecule has 90 valence electrons. The van der Waals surface area contributed by atoms with E-state index in [1.807, 2.05) is 17.8 Å². The fourth-order valence-corrected chi connectivity index (χ4v) is 2.56. The van der Waals surface area contributed by atoms with Crippen molar-refractivity contribution in [1.29, 1.82) is 0 Å². The highest BCUT2D eigenvalue weighted by Gasteiger charge is 2.05. The van der Waals surface area contributed by atoms with Gasteiger partial charge in [0.1, 0.15) is 5.82 Å². The van der Waals surface area contributed by atoms with Gasteiger partial charge in [-0.15, -0.1) is 0 Å². The van der Waals surface area contributed by atoms with E-state index in [0.717, 1.165) is 23.1 Å². The molecule has 0 saturated carbocycles.